The molecule has 0 saturated heterocycles. The van der Waals surface area contributed by atoms with E-state index in [2.05, 4.69) is 24.9 Å². The summed E-state index contributed by atoms with van der Waals surface area (Å²) in [6.45, 7) is 9.68. The van der Waals surface area contributed by atoms with Crippen molar-refractivity contribution in [3.63, 3.8) is 0 Å². The molecule has 0 saturated carbocycles. The molecule has 5 nitrogen and oxygen atoms in total. The lowest BCUT2D eigenvalue weighted by molar-refractivity contribution is -0.897. The number of nitriles is 1. The number of hydrogen-bond donors (Lipinski definition) is 1. The van der Waals surface area contributed by atoms with Crippen LogP contribution in [0, 0.1) is 11.3 Å². The molecule has 122 valence electrons. The van der Waals surface area contributed by atoms with Gasteiger partial charge in [0.15, 0.2) is 5.16 Å². The van der Waals surface area contributed by atoms with Crippen LogP contribution in [0.3, 0.4) is 0 Å². The minimum atomic E-state index is -0.241. The van der Waals surface area contributed by atoms with Gasteiger partial charge < -0.3 is 4.90 Å². The molecule has 0 radical (unpaired) electrons. The van der Waals surface area contributed by atoms with Crippen LogP contribution in [-0.2, 0) is 6.54 Å². The molecule has 0 aliphatic carbocycles. The van der Waals surface area contributed by atoms with Crippen molar-refractivity contribution in [1.29, 1.82) is 5.26 Å². The topological polar surface area (TPSA) is 63.1 Å². The fourth-order valence-corrected chi connectivity index (χ4v) is 3.31. The summed E-state index contributed by atoms with van der Waals surface area (Å²) in [6.07, 6.45) is 0. The van der Waals surface area contributed by atoms with Crippen molar-refractivity contribution >= 4 is 22.7 Å². The SMILES string of the molecule is CC[NH+](CC)CCn1c(S[C@@H](C)C#N)nc2ccccc2c1=O. The Hall–Kier alpha value is -1.84. The van der Waals surface area contributed by atoms with E-state index in [0.717, 1.165) is 19.6 Å². The van der Waals surface area contributed by atoms with Gasteiger partial charge in [-0.3, -0.25) is 9.36 Å². The van der Waals surface area contributed by atoms with Crippen LogP contribution >= 0.6 is 11.8 Å². The van der Waals surface area contributed by atoms with Crippen molar-refractivity contribution in [1.82, 2.24) is 9.55 Å². The normalized spacial score (nSPS) is 12.5. The first-order valence-electron chi connectivity index (χ1n) is 8.00. The number of likely N-dealkylation sites (N-methyl/N-ethyl adjacent to an activating group) is 1. The van der Waals surface area contributed by atoms with Crippen LogP contribution < -0.4 is 10.5 Å². The summed E-state index contributed by atoms with van der Waals surface area (Å²) in [5, 5.41) is 10.1. The van der Waals surface area contributed by atoms with Gasteiger partial charge in [-0.05, 0) is 32.9 Å². The Morgan fingerprint density at radius 3 is 2.70 bits per heavy atom. The van der Waals surface area contributed by atoms with Crippen molar-refractivity contribution in [2.24, 2.45) is 0 Å². The first kappa shape index (κ1) is 17.5. The fraction of sp³-hybridized carbons (Fsp3) is 0.471. The van der Waals surface area contributed by atoms with Crippen LogP contribution in [-0.4, -0.2) is 34.4 Å². The van der Waals surface area contributed by atoms with E-state index in [1.165, 1.54) is 16.7 Å². The van der Waals surface area contributed by atoms with Crippen LogP contribution in [0.25, 0.3) is 10.9 Å². The minimum absolute atomic E-state index is 0.0187. The van der Waals surface area contributed by atoms with Crippen LogP contribution in [0.2, 0.25) is 0 Å². The molecule has 2 aromatic rings. The number of fused-ring (bicyclic) bond motifs is 1. The van der Waals surface area contributed by atoms with E-state index < -0.39 is 0 Å². The summed E-state index contributed by atoms with van der Waals surface area (Å²) in [7, 11) is 0. The number of aromatic nitrogens is 2. The molecule has 1 aromatic carbocycles. The van der Waals surface area contributed by atoms with E-state index in [4.69, 9.17) is 5.26 Å². The summed E-state index contributed by atoms with van der Waals surface area (Å²) in [4.78, 5) is 18.9. The molecule has 0 bridgehead atoms. The molecule has 1 aromatic heterocycles. The summed E-state index contributed by atoms with van der Waals surface area (Å²) in [5.41, 5.74) is 0.673. The number of quaternary nitrogens is 1. The van der Waals surface area contributed by atoms with Gasteiger partial charge in [-0.15, -0.1) is 0 Å². The molecule has 0 spiro atoms. The second-order valence-corrected chi connectivity index (χ2v) is 6.77. The third-order valence-corrected chi connectivity index (χ3v) is 4.96. The predicted molar refractivity (Wildman–Crippen MR) is 93.8 cm³/mol. The standard InChI is InChI=1S/C17H22N4OS/c1-4-20(5-2)10-11-21-16(22)14-8-6-7-9-15(14)19-17(21)23-13(3)12-18/h6-9,13H,4-5,10-11H2,1-3H3/p+1/t13-/m0/s1. The van der Waals surface area contributed by atoms with E-state index in [-0.39, 0.29) is 10.8 Å². The molecule has 1 N–H and O–H groups in total. The zero-order valence-electron chi connectivity index (χ0n) is 13.9. The van der Waals surface area contributed by atoms with Gasteiger partial charge in [0.05, 0.1) is 48.4 Å². The number of nitrogens with zero attached hydrogens (tertiary/aromatic N) is 3. The van der Waals surface area contributed by atoms with E-state index >= 15 is 0 Å². The molecule has 1 heterocycles. The average Bonchev–Trinajstić information content (AvgIpc) is 2.57. The predicted octanol–water partition coefficient (Wildman–Crippen LogP) is 1.33. The third-order valence-electron chi connectivity index (χ3n) is 3.98. The van der Waals surface area contributed by atoms with Crippen LogP contribution in [0.5, 0.6) is 0 Å². The molecule has 2 rings (SSSR count). The largest absolute Gasteiger partial charge is 0.334 e. The van der Waals surface area contributed by atoms with E-state index in [1.807, 2.05) is 31.2 Å². The minimum Gasteiger partial charge on any atom is -0.334 e. The molecular formula is C17H23N4OS+. The van der Waals surface area contributed by atoms with Gasteiger partial charge in [-0.25, -0.2) is 4.98 Å². The van der Waals surface area contributed by atoms with Crippen molar-refractivity contribution in [3.8, 4) is 6.07 Å². The maximum atomic E-state index is 12.8. The van der Waals surface area contributed by atoms with Gasteiger partial charge in [0.25, 0.3) is 5.56 Å². The maximum Gasteiger partial charge on any atom is 0.262 e. The van der Waals surface area contributed by atoms with Crippen LogP contribution in [0.15, 0.2) is 34.2 Å². The lowest BCUT2D eigenvalue weighted by Gasteiger charge is -2.18. The summed E-state index contributed by atoms with van der Waals surface area (Å²) in [5.74, 6) is 0. The highest BCUT2D eigenvalue weighted by molar-refractivity contribution is 8.00. The Labute approximate surface area is 140 Å². The molecular weight excluding hydrogens is 308 g/mol. The number of hydrogen-bond acceptors (Lipinski definition) is 4. The Bertz CT molecular complexity index is 761. The second kappa shape index (κ2) is 8.14. The van der Waals surface area contributed by atoms with Gasteiger partial charge in [-0.2, -0.15) is 5.26 Å². The highest BCUT2D eigenvalue weighted by Gasteiger charge is 2.15. The van der Waals surface area contributed by atoms with Gasteiger partial charge >= 0.3 is 0 Å². The Morgan fingerprint density at radius 2 is 2.04 bits per heavy atom. The molecule has 1 atom stereocenters. The summed E-state index contributed by atoms with van der Waals surface area (Å²) in [6, 6.07) is 9.59. The molecule has 0 amide bonds. The highest BCUT2D eigenvalue weighted by Crippen LogP contribution is 2.21. The number of thioether (sulfide) groups is 1. The van der Waals surface area contributed by atoms with E-state index in [9.17, 15) is 4.79 Å². The second-order valence-electron chi connectivity index (χ2n) is 5.46. The van der Waals surface area contributed by atoms with E-state index in [0.29, 0.717) is 22.6 Å². The Kier molecular flexibility index (Phi) is 6.20. The van der Waals surface area contributed by atoms with Crippen molar-refractivity contribution in [3.05, 3.63) is 34.6 Å². The fourth-order valence-electron chi connectivity index (χ4n) is 2.49. The number of para-hydroxylation sites is 1. The smallest absolute Gasteiger partial charge is 0.262 e. The molecule has 6 heteroatoms. The van der Waals surface area contributed by atoms with Crippen molar-refractivity contribution in [2.75, 3.05) is 19.6 Å². The van der Waals surface area contributed by atoms with Gasteiger partial charge in [-0.1, -0.05) is 23.9 Å². The lowest BCUT2D eigenvalue weighted by atomic mass is 10.2. The summed E-state index contributed by atoms with van der Waals surface area (Å²) >= 11 is 1.35. The molecule has 0 aliphatic heterocycles. The highest BCUT2D eigenvalue weighted by atomic mass is 32.2. The number of nitrogens with one attached hydrogen (secondary N) is 1. The third kappa shape index (κ3) is 4.12. The zero-order chi connectivity index (χ0) is 16.8. The van der Waals surface area contributed by atoms with E-state index in [1.54, 1.807) is 4.57 Å². The van der Waals surface area contributed by atoms with Gasteiger partial charge in [0.2, 0.25) is 0 Å². The molecule has 0 unspecified atom stereocenters. The van der Waals surface area contributed by atoms with Crippen LogP contribution in [0.1, 0.15) is 20.8 Å². The first-order chi connectivity index (χ1) is 11.1. The van der Waals surface area contributed by atoms with Crippen molar-refractivity contribution < 1.29 is 4.90 Å². The van der Waals surface area contributed by atoms with Crippen LogP contribution in [0.4, 0.5) is 0 Å². The zero-order valence-corrected chi connectivity index (χ0v) is 14.7. The molecule has 0 fully saturated rings. The Balaban J connectivity index is 2.45. The lowest BCUT2D eigenvalue weighted by Crippen LogP contribution is -3.11. The number of benzene rings is 1. The maximum absolute atomic E-state index is 12.8. The Morgan fingerprint density at radius 1 is 1.35 bits per heavy atom. The average molecular weight is 331 g/mol. The van der Waals surface area contributed by atoms with Gasteiger partial charge in [0, 0.05) is 0 Å². The number of rotatable bonds is 7. The quantitative estimate of drug-likeness (QED) is 0.614. The first-order valence-corrected chi connectivity index (χ1v) is 8.88. The summed E-state index contributed by atoms with van der Waals surface area (Å²) < 4.78 is 1.73. The monoisotopic (exact) mass is 331 g/mol. The molecule has 0 aliphatic rings. The van der Waals surface area contributed by atoms with Gasteiger partial charge in [0.1, 0.15) is 0 Å². The van der Waals surface area contributed by atoms with Crippen molar-refractivity contribution in [2.45, 2.75) is 37.7 Å². The molecule has 23 heavy (non-hydrogen) atoms.